The van der Waals surface area contributed by atoms with Crippen LogP contribution in [0, 0.1) is 5.41 Å². The zero-order valence-corrected chi connectivity index (χ0v) is 9.29. The van der Waals surface area contributed by atoms with Gasteiger partial charge in [-0.1, -0.05) is 6.92 Å². The van der Waals surface area contributed by atoms with Crippen LogP contribution < -0.4 is 0 Å². The number of rotatable bonds is 5. The number of hydrogen-bond donors (Lipinski definition) is 0. The van der Waals surface area contributed by atoms with Crippen molar-refractivity contribution in [2.75, 3.05) is 33.4 Å². The molecule has 0 aromatic rings. The van der Waals surface area contributed by atoms with Crippen LogP contribution in [0.2, 0.25) is 0 Å². The van der Waals surface area contributed by atoms with Crippen molar-refractivity contribution >= 4 is 6.29 Å². The number of hydrogen-bond acceptors (Lipinski definition) is 3. The van der Waals surface area contributed by atoms with Crippen LogP contribution in [0.25, 0.3) is 0 Å². The predicted octanol–water partition coefficient (Wildman–Crippen LogP) is 1.32. The van der Waals surface area contributed by atoms with E-state index in [1.807, 2.05) is 0 Å². The van der Waals surface area contributed by atoms with E-state index in [-0.39, 0.29) is 5.41 Å². The zero-order chi connectivity index (χ0) is 10.4. The maximum Gasteiger partial charge on any atom is 0.129 e. The van der Waals surface area contributed by atoms with Gasteiger partial charge in [0.1, 0.15) is 6.29 Å². The first-order valence-corrected chi connectivity index (χ1v) is 5.45. The lowest BCUT2D eigenvalue weighted by atomic mass is 9.83. The molecule has 0 N–H and O–H groups in total. The average molecular weight is 199 g/mol. The summed E-state index contributed by atoms with van der Waals surface area (Å²) in [5.41, 5.74) is -0.234. The summed E-state index contributed by atoms with van der Waals surface area (Å²) in [6.07, 6.45) is 4.22. The number of carbonyl (C=O) groups excluding carboxylic acids is 1. The molecule has 0 amide bonds. The molecule has 3 heteroatoms. The van der Waals surface area contributed by atoms with Gasteiger partial charge < -0.3 is 14.4 Å². The largest absolute Gasteiger partial charge is 0.380 e. The van der Waals surface area contributed by atoms with Crippen LogP contribution >= 0.6 is 0 Å². The minimum atomic E-state index is -0.234. The highest BCUT2D eigenvalue weighted by molar-refractivity contribution is 5.60. The zero-order valence-electron chi connectivity index (χ0n) is 9.29. The van der Waals surface area contributed by atoms with Crippen molar-refractivity contribution in [3.05, 3.63) is 0 Å². The Balaban J connectivity index is 2.46. The summed E-state index contributed by atoms with van der Waals surface area (Å²) in [6, 6.07) is 0. The molecule has 0 bridgehead atoms. The normalized spacial score (nSPS) is 27.9. The Hall–Kier alpha value is -0.410. The fourth-order valence-electron chi connectivity index (χ4n) is 2.13. The van der Waals surface area contributed by atoms with Crippen molar-refractivity contribution in [1.82, 2.24) is 4.90 Å². The van der Waals surface area contributed by atoms with E-state index in [1.54, 1.807) is 0 Å². The first-order valence-electron chi connectivity index (χ1n) is 5.45. The lowest BCUT2D eigenvalue weighted by Gasteiger charge is -2.35. The van der Waals surface area contributed by atoms with Gasteiger partial charge in [0, 0.05) is 13.2 Å². The van der Waals surface area contributed by atoms with E-state index in [4.69, 9.17) is 4.74 Å². The van der Waals surface area contributed by atoms with Crippen LogP contribution in [0.3, 0.4) is 0 Å². The summed E-state index contributed by atoms with van der Waals surface area (Å²) in [6.45, 7) is 5.46. The van der Waals surface area contributed by atoms with Gasteiger partial charge in [-0.25, -0.2) is 0 Å². The second-order valence-corrected chi connectivity index (χ2v) is 4.37. The van der Waals surface area contributed by atoms with Crippen molar-refractivity contribution in [3.8, 4) is 0 Å². The second-order valence-electron chi connectivity index (χ2n) is 4.37. The van der Waals surface area contributed by atoms with Gasteiger partial charge in [0.05, 0.1) is 12.0 Å². The summed E-state index contributed by atoms with van der Waals surface area (Å²) in [7, 11) is 2.07. The van der Waals surface area contributed by atoms with Gasteiger partial charge in [-0.05, 0) is 32.9 Å². The third-order valence-electron chi connectivity index (χ3n) is 2.79. The van der Waals surface area contributed by atoms with Gasteiger partial charge >= 0.3 is 0 Å². The third kappa shape index (κ3) is 3.07. The first-order chi connectivity index (χ1) is 6.72. The molecule has 1 fully saturated rings. The molecule has 3 nitrogen and oxygen atoms in total. The molecule has 0 saturated carbocycles. The molecule has 82 valence electrons. The van der Waals surface area contributed by atoms with Crippen LogP contribution in [0.5, 0.6) is 0 Å². The van der Waals surface area contributed by atoms with Gasteiger partial charge in [-0.2, -0.15) is 0 Å². The quantitative estimate of drug-likeness (QED) is 0.625. The molecule has 0 radical (unpaired) electrons. The Bertz CT molecular complexity index is 176. The Morgan fingerprint density at radius 1 is 1.57 bits per heavy atom. The van der Waals surface area contributed by atoms with Crippen molar-refractivity contribution in [3.63, 3.8) is 0 Å². The Labute approximate surface area is 86.4 Å². The van der Waals surface area contributed by atoms with E-state index < -0.39 is 0 Å². The number of nitrogens with zero attached hydrogens (tertiary/aromatic N) is 1. The fraction of sp³-hybridized carbons (Fsp3) is 0.909. The molecule has 1 unspecified atom stereocenters. The van der Waals surface area contributed by atoms with Crippen molar-refractivity contribution in [2.45, 2.75) is 26.2 Å². The van der Waals surface area contributed by atoms with E-state index >= 15 is 0 Å². The minimum absolute atomic E-state index is 0.234. The highest BCUT2D eigenvalue weighted by Crippen LogP contribution is 2.27. The number of ether oxygens (including phenoxy) is 1. The van der Waals surface area contributed by atoms with Gasteiger partial charge in [-0.15, -0.1) is 0 Å². The Morgan fingerprint density at radius 2 is 2.36 bits per heavy atom. The van der Waals surface area contributed by atoms with Gasteiger partial charge in [-0.3, -0.25) is 0 Å². The van der Waals surface area contributed by atoms with Gasteiger partial charge in [0.25, 0.3) is 0 Å². The molecule has 1 aliphatic rings. The summed E-state index contributed by atoms with van der Waals surface area (Å²) < 4.78 is 5.40. The van der Waals surface area contributed by atoms with E-state index in [9.17, 15) is 4.79 Å². The van der Waals surface area contributed by atoms with Crippen LogP contribution in [-0.4, -0.2) is 44.5 Å². The smallest absolute Gasteiger partial charge is 0.129 e. The molecule has 0 spiro atoms. The highest BCUT2D eigenvalue weighted by atomic mass is 16.5. The summed E-state index contributed by atoms with van der Waals surface area (Å²) in [5.74, 6) is 0. The van der Waals surface area contributed by atoms with E-state index in [1.165, 1.54) is 0 Å². The summed E-state index contributed by atoms with van der Waals surface area (Å²) in [5, 5.41) is 0. The van der Waals surface area contributed by atoms with Crippen LogP contribution in [0.1, 0.15) is 26.2 Å². The van der Waals surface area contributed by atoms with Crippen molar-refractivity contribution < 1.29 is 9.53 Å². The standard InChI is InChI=1S/C11H21NO2/c1-3-6-12(2)8-11(9-13)5-4-7-14-10-11/h9H,3-8,10H2,1-2H3. The van der Waals surface area contributed by atoms with Gasteiger partial charge in [0.2, 0.25) is 0 Å². The van der Waals surface area contributed by atoms with Crippen LogP contribution in [0.15, 0.2) is 0 Å². The maximum absolute atomic E-state index is 11.1. The monoisotopic (exact) mass is 199 g/mol. The number of aldehydes is 1. The molecule has 0 aromatic carbocycles. The van der Waals surface area contributed by atoms with Crippen molar-refractivity contribution in [1.29, 1.82) is 0 Å². The molecule has 14 heavy (non-hydrogen) atoms. The van der Waals surface area contributed by atoms with Crippen molar-refractivity contribution in [2.24, 2.45) is 5.41 Å². The lowest BCUT2D eigenvalue weighted by Crippen LogP contribution is -2.43. The number of carbonyl (C=O) groups is 1. The molecule has 1 aliphatic heterocycles. The SMILES string of the molecule is CCCN(C)CC1(C=O)CCCOC1. The van der Waals surface area contributed by atoms with Crippen LogP contribution in [0.4, 0.5) is 0 Å². The van der Waals surface area contributed by atoms with Gasteiger partial charge in [0.15, 0.2) is 0 Å². The van der Waals surface area contributed by atoms with E-state index in [0.717, 1.165) is 45.2 Å². The maximum atomic E-state index is 11.1. The molecular weight excluding hydrogens is 178 g/mol. The molecule has 0 aromatic heterocycles. The van der Waals surface area contributed by atoms with E-state index in [2.05, 4.69) is 18.9 Å². The molecule has 0 aliphatic carbocycles. The highest BCUT2D eigenvalue weighted by Gasteiger charge is 2.33. The summed E-state index contributed by atoms with van der Waals surface area (Å²) in [4.78, 5) is 13.3. The topological polar surface area (TPSA) is 29.5 Å². The minimum Gasteiger partial charge on any atom is -0.380 e. The molecule has 1 atom stereocenters. The third-order valence-corrected chi connectivity index (χ3v) is 2.79. The first kappa shape index (κ1) is 11.7. The lowest BCUT2D eigenvalue weighted by molar-refractivity contribution is -0.125. The molecule has 1 rings (SSSR count). The predicted molar refractivity (Wildman–Crippen MR) is 56.3 cm³/mol. The Kier molecular flexibility index (Phi) is 4.55. The second kappa shape index (κ2) is 5.47. The Morgan fingerprint density at radius 3 is 2.86 bits per heavy atom. The average Bonchev–Trinajstić information content (AvgIpc) is 2.19. The van der Waals surface area contributed by atoms with E-state index in [0.29, 0.717) is 6.61 Å². The molecule has 1 saturated heterocycles. The molecule has 1 heterocycles. The van der Waals surface area contributed by atoms with Crippen LogP contribution in [-0.2, 0) is 9.53 Å². The summed E-state index contributed by atoms with van der Waals surface area (Å²) >= 11 is 0. The fourth-order valence-corrected chi connectivity index (χ4v) is 2.13. The molecular formula is C11H21NO2.